The summed E-state index contributed by atoms with van der Waals surface area (Å²) in [6, 6.07) is 0. The summed E-state index contributed by atoms with van der Waals surface area (Å²) in [7, 11) is 0. The van der Waals surface area contributed by atoms with Crippen molar-refractivity contribution in [1.82, 2.24) is 0 Å². The van der Waals surface area contributed by atoms with Gasteiger partial charge in [0.15, 0.2) is 0 Å². The van der Waals surface area contributed by atoms with E-state index in [1.165, 1.54) is 0 Å². The van der Waals surface area contributed by atoms with Crippen molar-refractivity contribution in [3.8, 4) is 0 Å². The van der Waals surface area contributed by atoms with Gasteiger partial charge in [0.05, 0.1) is 59.5 Å². The van der Waals surface area contributed by atoms with Crippen LogP contribution < -0.4 is 0 Å². The number of ether oxygens (including phenoxy) is 6. The third-order valence-corrected chi connectivity index (χ3v) is 3.37. The van der Waals surface area contributed by atoms with Crippen LogP contribution in [0.5, 0.6) is 0 Å². The molecule has 0 aromatic rings. The molecule has 0 saturated carbocycles. The molecule has 0 rings (SSSR count). The van der Waals surface area contributed by atoms with E-state index in [4.69, 9.17) is 28.4 Å². The largest absolute Gasteiger partial charge is 0.460 e. The zero-order chi connectivity index (χ0) is 20.2. The Balaban J connectivity index is 3.12. The van der Waals surface area contributed by atoms with E-state index in [0.717, 1.165) is 18.2 Å². The van der Waals surface area contributed by atoms with Gasteiger partial charge in [0.25, 0.3) is 0 Å². The third kappa shape index (κ3) is 23.7. The van der Waals surface area contributed by atoms with Crippen LogP contribution in [0, 0.1) is 0 Å². The SMILES string of the molecule is CC(C)(C)OC(=O)CCCCOCCOCCOCCOCCOCCBr. The van der Waals surface area contributed by atoms with Gasteiger partial charge in [0.1, 0.15) is 5.60 Å². The Labute approximate surface area is 172 Å². The molecule has 0 bridgehead atoms. The van der Waals surface area contributed by atoms with Crippen molar-refractivity contribution in [2.45, 2.75) is 45.6 Å². The predicted octanol–water partition coefficient (Wildman–Crippen LogP) is 2.98. The molecule has 0 aliphatic heterocycles. The van der Waals surface area contributed by atoms with E-state index in [-0.39, 0.29) is 5.97 Å². The summed E-state index contributed by atoms with van der Waals surface area (Å²) in [5, 5.41) is 0.843. The Hall–Kier alpha value is -0.250. The summed E-state index contributed by atoms with van der Waals surface area (Å²) in [4.78, 5) is 11.5. The van der Waals surface area contributed by atoms with E-state index >= 15 is 0 Å². The normalized spacial score (nSPS) is 11.7. The third-order valence-electron chi connectivity index (χ3n) is 3.05. The van der Waals surface area contributed by atoms with E-state index in [2.05, 4.69) is 15.9 Å². The topological polar surface area (TPSA) is 72.5 Å². The molecule has 0 aromatic heterocycles. The maximum atomic E-state index is 11.5. The van der Waals surface area contributed by atoms with Crippen molar-refractivity contribution < 1.29 is 33.2 Å². The van der Waals surface area contributed by atoms with Gasteiger partial charge in [-0.15, -0.1) is 0 Å². The summed E-state index contributed by atoms with van der Waals surface area (Å²) in [6.45, 7) is 11.4. The fourth-order valence-electron chi connectivity index (χ4n) is 1.90. The first-order valence-electron chi connectivity index (χ1n) is 9.62. The molecule has 0 N–H and O–H groups in total. The van der Waals surface area contributed by atoms with Gasteiger partial charge >= 0.3 is 5.97 Å². The molecule has 0 spiro atoms. The predicted molar refractivity (Wildman–Crippen MR) is 108 cm³/mol. The molecule has 0 unspecified atom stereocenters. The Morgan fingerprint density at radius 3 is 1.48 bits per heavy atom. The number of rotatable bonds is 19. The van der Waals surface area contributed by atoms with Crippen LogP contribution in [0.1, 0.15) is 40.0 Å². The molecular formula is C19H37BrO7. The zero-order valence-corrected chi connectivity index (χ0v) is 18.7. The maximum Gasteiger partial charge on any atom is 0.306 e. The standard InChI is InChI=1S/C19H37BrO7/c1-19(2,3)27-18(21)6-4-5-8-22-10-12-24-14-16-26-17-15-25-13-11-23-9-7-20/h4-17H2,1-3H3. The van der Waals surface area contributed by atoms with E-state index in [0.29, 0.717) is 72.5 Å². The zero-order valence-electron chi connectivity index (χ0n) is 17.1. The molecule has 8 heteroatoms. The molecule has 0 amide bonds. The lowest BCUT2D eigenvalue weighted by Gasteiger charge is -2.19. The molecule has 0 saturated heterocycles. The summed E-state index contributed by atoms with van der Waals surface area (Å²) >= 11 is 3.29. The van der Waals surface area contributed by atoms with Crippen LogP contribution in [-0.2, 0) is 33.2 Å². The molecule has 7 nitrogen and oxygen atoms in total. The molecule has 0 radical (unpaired) electrons. The lowest BCUT2D eigenvalue weighted by molar-refractivity contribution is -0.154. The number of esters is 1. The van der Waals surface area contributed by atoms with Gasteiger partial charge in [0, 0.05) is 18.4 Å². The number of carbonyl (C=O) groups excluding carboxylic acids is 1. The highest BCUT2D eigenvalue weighted by atomic mass is 79.9. The van der Waals surface area contributed by atoms with Gasteiger partial charge in [-0.05, 0) is 33.6 Å². The fraction of sp³-hybridized carbons (Fsp3) is 0.947. The van der Waals surface area contributed by atoms with E-state index < -0.39 is 5.60 Å². The molecule has 27 heavy (non-hydrogen) atoms. The Morgan fingerprint density at radius 2 is 1.07 bits per heavy atom. The first-order chi connectivity index (χ1) is 13.0. The van der Waals surface area contributed by atoms with Crippen molar-refractivity contribution in [1.29, 1.82) is 0 Å². The summed E-state index contributed by atoms with van der Waals surface area (Å²) in [5.41, 5.74) is -0.413. The second-order valence-electron chi connectivity index (χ2n) is 6.79. The van der Waals surface area contributed by atoms with Gasteiger partial charge in [0.2, 0.25) is 0 Å². The molecule has 0 aromatic carbocycles. The van der Waals surface area contributed by atoms with Crippen molar-refractivity contribution in [3.05, 3.63) is 0 Å². The van der Waals surface area contributed by atoms with Crippen molar-refractivity contribution in [3.63, 3.8) is 0 Å². The summed E-state index contributed by atoms with van der Waals surface area (Å²) in [5.74, 6) is -0.153. The van der Waals surface area contributed by atoms with Gasteiger partial charge in [-0.3, -0.25) is 4.79 Å². The van der Waals surface area contributed by atoms with Crippen LogP contribution in [0.25, 0.3) is 0 Å². The van der Waals surface area contributed by atoms with Crippen LogP contribution >= 0.6 is 15.9 Å². The minimum absolute atomic E-state index is 0.153. The van der Waals surface area contributed by atoms with Crippen LogP contribution in [-0.4, -0.2) is 83.0 Å². The number of unbranched alkanes of at least 4 members (excludes halogenated alkanes) is 1. The lowest BCUT2D eigenvalue weighted by Crippen LogP contribution is -2.23. The highest BCUT2D eigenvalue weighted by Gasteiger charge is 2.15. The fourth-order valence-corrected chi connectivity index (χ4v) is 2.13. The van der Waals surface area contributed by atoms with E-state index in [1.807, 2.05) is 20.8 Å². The van der Waals surface area contributed by atoms with Crippen LogP contribution in [0.4, 0.5) is 0 Å². The van der Waals surface area contributed by atoms with Crippen LogP contribution in [0.3, 0.4) is 0 Å². The Kier molecular flexibility index (Phi) is 18.9. The molecular weight excluding hydrogens is 420 g/mol. The highest BCUT2D eigenvalue weighted by molar-refractivity contribution is 9.09. The molecule has 0 aliphatic carbocycles. The number of alkyl halides is 1. The lowest BCUT2D eigenvalue weighted by atomic mass is 10.2. The Morgan fingerprint density at radius 1 is 0.667 bits per heavy atom. The van der Waals surface area contributed by atoms with Crippen molar-refractivity contribution >= 4 is 21.9 Å². The first kappa shape index (κ1) is 26.8. The number of carbonyl (C=O) groups is 1. The second-order valence-corrected chi connectivity index (χ2v) is 7.59. The summed E-state index contributed by atoms with van der Waals surface area (Å²) in [6.07, 6.45) is 2.04. The number of hydrogen-bond acceptors (Lipinski definition) is 7. The van der Waals surface area contributed by atoms with Crippen molar-refractivity contribution in [2.75, 3.05) is 71.4 Å². The van der Waals surface area contributed by atoms with Crippen LogP contribution in [0.2, 0.25) is 0 Å². The maximum absolute atomic E-state index is 11.5. The average molecular weight is 457 g/mol. The second kappa shape index (κ2) is 19.1. The monoisotopic (exact) mass is 456 g/mol. The number of hydrogen-bond donors (Lipinski definition) is 0. The summed E-state index contributed by atoms with van der Waals surface area (Å²) < 4.78 is 32.1. The van der Waals surface area contributed by atoms with Gasteiger partial charge < -0.3 is 28.4 Å². The van der Waals surface area contributed by atoms with Crippen LogP contribution in [0.15, 0.2) is 0 Å². The molecule has 0 fully saturated rings. The minimum atomic E-state index is -0.413. The molecule has 0 atom stereocenters. The minimum Gasteiger partial charge on any atom is -0.460 e. The quantitative estimate of drug-likeness (QED) is 0.168. The first-order valence-corrected chi connectivity index (χ1v) is 10.7. The molecule has 0 heterocycles. The molecule has 0 aliphatic rings. The van der Waals surface area contributed by atoms with E-state index in [1.54, 1.807) is 0 Å². The van der Waals surface area contributed by atoms with Gasteiger partial charge in [-0.25, -0.2) is 0 Å². The number of halogens is 1. The van der Waals surface area contributed by atoms with Crippen molar-refractivity contribution in [2.24, 2.45) is 0 Å². The highest BCUT2D eigenvalue weighted by Crippen LogP contribution is 2.09. The van der Waals surface area contributed by atoms with E-state index in [9.17, 15) is 4.79 Å². The molecule has 162 valence electrons. The Bertz CT molecular complexity index is 335. The average Bonchev–Trinajstić information content (AvgIpc) is 2.59. The smallest absolute Gasteiger partial charge is 0.306 e. The van der Waals surface area contributed by atoms with Gasteiger partial charge in [-0.1, -0.05) is 15.9 Å². The van der Waals surface area contributed by atoms with Gasteiger partial charge in [-0.2, -0.15) is 0 Å².